The third kappa shape index (κ3) is 2.92. The van der Waals surface area contributed by atoms with Gasteiger partial charge in [-0.1, -0.05) is 6.42 Å². The molecule has 2 heterocycles. The van der Waals surface area contributed by atoms with E-state index in [-0.39, 0.29) is 0 Å². The van der Waals surface area contributed by atoms with Gasteiger partial charge in [-0.05, 0) is 33.2 Å². The van der Waals surface area contributed by atoms with E-state index in [9.17, 15) is 0 Å². The van der Waals surface area contributed by atoms with Gasteiger partial charge in [0.25, 0.3) is 0 Å². The quantitative estimate of drug-likeness (QED) is 0.842. The zero-order valence-corrected chi connectivity index (χ0v) is 9.99. The number of rotatable bonds is 3. The van der Waals surface area contributed by atoms with Crippen molar-refractivity contribution in [2.45, 2.75) is 39.2 Å². The maximum Gasteiger partial charge on any atom is 0.235 e. The van der Waals surface area contributed by atoms with E-state index >= 15 is 0 Å². The Hall–Kier alpha value is -1.16. The number of ether oxygens (including phenoxy) is 1. The molecule has 1 N–H and O–H groups in total. The zero-order chi connectivity index (χ0) is 11.4. The van der Waals surface area contributed by atoms with Crippen LogP contribution in [-0.4, -0.2) is 29.2 Å². The Morgan fingerprint density at radius 1 is 1.44 bits per heavy atom. The summed E-state index contributed by atoms with van der Waals surface area (Å²) < 4.78 is 5.72. The van der Waals surface area contributed by atoms with E-state index in [0.717, 1.165) is 17.9 Å². The first kappa shape index (κ1) is 11.3. The van der Waals surface area contributed by atoms with Gasteiger partial charge in [0.05, 0.1) is 11.4 Å². The molecule has 2 rings (SSSR count). The highest BCUT2D eigenvalue weighted by molar-refractivity contribution is 5.18. The summed E-state index contributed by atoms with van der Waals surface area (Å²) >= 11 is 0. The number of aromatic nitrogens is 2. The summed E-state index contributed by atoms with van der Waals surface area (Å²) in [6, 6.07) is 0.468. The van der Waals surface area contributed by atoms with Gasteiger partial charge in [-0.15, -0.1) is 0 Å². The lowest BCUT2D eigenvalue weighted by atomic mass is 10.1. The molecule has 0 radical (unpaired) electrons. The van der Waals surface area contributed by atoms with Gasteiger partial charge in [0.15, 0.2) is 0 Å². The minimum Gasteiger partial charge on any atom is -0.475 e. The first-order chi connectivity index (χ1) is 7.75. The molecule has 0 aliphatic carbocycles. The Morgan fingerprint density at radius 3 is 3.06 bits per heavy atom. The summed E-state index contributed by atoms with van der Waals surface area (Å²) in [5.41, 5.74) is 1.76. The molecular weight excluding hydrogens is 202 g/mol. The van der Waals surface area contributed by atoms with Gasteiger partial charge >= 0.3 is 0 Å². The Morgan fingerprint density at radius 2 is 2.31 bits per heavy atom. The molecule has 1 aliphatic heterocycles. The van der Waals surface area contributed by atoms with Crippen LogP contribution >= 0.6 is 0 Å². The van der Waals surface area contributed by atoms with E-state index < -0.39 is 0 Å². The van der Waals surface area contributed by atoms with Crippen molar-refractivity contribution in [2.75, 3.05) is 13.2 Å². The summed E-state index contributed by atoms with van der Waals surface area (Å²) in [6.07, 6.45) is 5.53. The van der Waals surface area contributed by atoms with E-state index in [4.69, 9.17) is 4.74 Å². The molecular formula is C12H19N3O. The molecule has 0 saturated carbocycles. The lowest BCUT2D eigenvalue weighted by Gasteiger charge is -2.23. The fourth-order valence-corrected chi connectivity index (χ4v) is 1.90. The maximum absolute atomic E-state index is 5.72. The topological polar surface area (TPSA) is 47.0 Å². The molecule has 0 amide bonds. The van der Waals surface area contributed by atoms with E-state index in [0.29, 0.717) is 18.5 Å². The average Bonchev–Trinajstić information content (AvgIpc) is 2.32. The Kier molecular flexibility index (Phi) is 3.72. The molecule has 88 valence electrons. The van der Waals surface area contributed by atoms with Crippen LogP contribution in [0.1, 0.15) is 30.7 Å². The summed E-state index contributed by atoms with van der Waals surface area (Å²) in [6.45, 7) is 5.65. The maximum atomic E-state index is 5.72. The van der Waals surface area contributed by atoms with Crippen LogP contribution in [-0.2, 0) is 0 Å². The number of hydrogen-bond donors (Lipinski definition) is 1. The highest BCUT2D eigenvalue weighted by atomic mass is 16.5. The Balaban J connectivity index is 1.90. The van der Waals surface area contributed by atoms with Crippen molar-refractivity contribution in [2.24, 2.45) is 0 Å². The van der Waals surface area contributed by atoms with Crippen LogP contribution in [0.3, 0.4) is 0 Å². The molecule has 0 aromatic carbocycles. The Labute approximate surface area is 96.4 Å². The predicted octanol–water partition coefficient (Wildman–Crippen LogP) is 1.61. The number of piperidine rings is 1. The third-order valence-corrected chi connectivity index (χ3v) is 2.87. The number of hydrogen-bond acceptors (Lipinski definition) is 4. The highest BCUT2D eigenvalue weighted by Gasteiger charge is 2.14. The molecule has 1 aromatic heterocycles. The van der Waals surface area contributed by atoms with Crippen LogP contribution < -0.4 is 10.1 Å². The van der Waals surface area contributed by atoms with Gasteiger partial charge < -0.3 is 10.1 Å². The molecule has 0 bridgehead atoms. The summed E-state index contributed by atoms with van der Waals surface area (Å²) in [7, 11) is 0. The van der Waals surface area contributed by atoms with Crippen LogP contribution in [0, 0.1) is 13.8 Å². The summed E-state index contributed by atoms with van der Waals surface area (Å²) in [5, 5.41) is 3.45. The normalized spacial score (nSPS) is 20.8. The van der Waals surface area contributed by atoms with Gasteiger partial charge in [0.1, 0.15) is 6.61 Å². The van der Waals surface area contributed by atoms with Gasteiger partial charge in [0, 0.05) is 12.2 Å². The van der Waals surface area contributed by atoms with Crippen molar-refractivity contribution < 1.29 is 4.74 Å². The van der Waals surface area contributed by atoms with Crippen molar-refractivity contribution in [3.63, 3.8) is 0 Å². The molecule has 16 heavy (non-hydrogen) atoms. The zero-order valence-electron chi connectivity index (χ0n) is 9.99. The number of nitrogens with zero attached hydrogens (tertiary/aromatic N) is 2. The molecule has 1 aromatic rings. The minimum absolute atomic E-state index is 0.468. The fourth-order valence-electron chi connectivity index (χ4n) is 1.90. The summed E-state index contributed by atoms with van der Waals surface area (Å²) in [5.74, 6) is 0.673. The van der Waals surface area contributed by atoms with Crippen molar-refractivity contribution in [1.29, 1.82) is 0 Å². The van der Waals surface area contributed by atoms with E-state index in [1.807, 2.05) is 13.8 Å². The second-order valence-corrected chi connectivity index (χ2v) is 4.36. The first-order valence-corrected chi connectivity index (χ1v) is 5.92. The van der Waals surface area contributed by atoms with Crippen LogP contribution in [0.25, 0.3) is 0 Å². The lowest BCUT2D eigenvalue weighted by Crippen LogP contribution is -2.38. The third-order valence-electron chi connectivity index (χ3n) is 2.87. The van der Waals surface area contributed by atoms with Gasteiger partial charge in [0.2, 0.25) is 5.88 Å². The molecule has 4 nitrogen and oxygen atoms in total. The van der Waals surface area contributed by atoms with E-state index in [2.05, 4.69) is 15.3 Å². The lowest BCUT2D eigenvalue weighted by molar-refractivity contribution is 0.229. The first-order valence-electron chi connectivity index (χ1n) is 5.92. The van der Waals surface area contributed by atoms with Crippen molar-refractivity contribution in [3.8, 4) is 5.88 Å². The van der Waals surface area contributed by atoms with Gasteiger partial charge in [-0.2, -0.15) is 0 Å². The molecule has 1 atom stereocenters. The van der Waals surface area contributed by atoms with E-state index in [1.54, 1.807) is 6.20 Å². The monoisotopic (exact) mass is 221 g/mol. The van der Waals surface area contributed by atoms with Crippen molar-refractivity contribution >= 4 is 0 Å². The molecule has 1 unspecified atom stereocenters. The van der Waals surface area contributed by atoms with Crippen LogP contribution in [0.4, 0.5) is 0 Å². The molecule has 0 spiro atoms. The van der Waals surface area contributed by atoms with Gasteiger partial charge in [-0.25, -0.2) is 4.98 Å². The van der Waals surface area contributed by atoms with E-state index in [1.165, 1.54) is 19.3 Å². The standard InChI is InChI=1S/C12H19N3O/c1-9-7-14-10(2)12(15-9)16-8-11-5-3-4-6-13-11/h7,11,13H,3-6,8H2,1-2H3. The molecule has 1 fully saturated rings. The van der Waals surface area contributed by atoms with Crippen molar-refractivity contribution in [1.82, 2.24) is 15.3 Å². The van der Waals surface area contributed by atoms with Crippen LogP contribution in [0.15, 0.2) is 6.20 Å². The molecule has 1 saturated heterocycles. The highest BCUT2D eigenvalue weighted by Crippen LogP contribution is 2.13. The van der Waals surface area contributed by atoms with Crippen LogP contribution in [0.2, 0.25) is 0 Å². The SMILES string of the molecule is Cc1cnc(C)c(OCC2CCCCN2)n1. The molecule has 4 heteroatoms. The molecule has 1 aliphatic rings. The van der Waals surface area contributed by atoms with Crippen LogP contribution in [0.5, 0.6) is 5.88 Å². The largest absolute Gasteiger partial charge is 0.475 e. The smallest absolute Gasteiger partial charge is 0.235 e. The van der Waals surface area contributed by atoms with Crippen molar-refractivity contribution in [3.05, 3.63) is 17.6 Å². The number of nitrogens with one attached hydrogen (secondary N) is 1. The predicted molar refractivity (Wildman–Crippen MR) is 62.6 cm³/mol. The van der Waals surface area contributed by atoms with Gasteiger partial charge in [-0.3, -0.25) is 4.98 Å². The minimum atomic E-state index is 0.468. The second-order valence-electron chi connectivity index (χ2n) is 4.36. The summed E-state index contributed by atoms with van der Waals surface area (Å²) in [4.78, 5) is 8.58. The average molecular weight is 221 g/mol. The Bertz CT molecular complexity index is 348. The number of aryl methyl sites for hydroxylation is 2. The second kappa shape index (κ2) is 5.25. The fraction of sp³-hybridized carbons (Fsp3) is 0.667.